The lowest BCUT2D eigenvalue weighted by Crippen LogP contribution is -2.35. The van der Waals surface area contributed by atoms with E-state index in [9.17, 15) is 9.59 Å². The highest BCUT2D eigenvalue weighted by Crippen LogP contribution is 2.27. The summed E-state index contributed by atoms with van der Waals surface area (Å²) in [7, 11) is 3.08. The van der Waals surface area contributed by atoms with E-state index in [-0.39, 0.29) is 24.5 Å². The largest absolute Gasteiger partial charge is 0.495 e. The van der Waals surface area contributed by atoms with Gasteiger partial charge in [-0.05, 0) is 49.7 Å². The molecule has 2 aromatic rings. The molecule has 1 N–H and O–H groups in total. The number of rotatable bonds is 8. The number of amides is 2. The van der Waals surface area contributed by atoms with Gasteiger partial charge in [-0.2, -0.15) is 0 Å². The predicted octanol–water partition coefficient (Wildman–Crippen LogP) is 3.98. The van der Waals surface area contributed by atoms with Crippen LogP contribution in [-0.4, -0.2) is 43.5 Å². The Balaban J connectivity index is 1.96. The zero-order valence-electron chi connectivity index (χ0n) is 16.5. The Kier molecular flexibility index (Phi) is 7.84. The highest BCUT2D eigenvalue weighted by molar-refractivity contribution is 6.31. The highest BCUT2D eigenvalue weighted by atomic mass is 35.5. The number of nitrogens with one attached hydrogen (secondary N) is 1. The fourth-order valence-electron chi connectivity index (χ4n) is 2.48. The van der Waals surface area contributed by atoms with Gasteiger partial charge in [-0.1, -0.05) is 23.7 Å². The first-order valence-electron chi connectivity index (χ1n) is 8.89. The summed E-state index contributed by atoms with van der Waals surface area (Å²) in [5.41, 5.74) is 1.94. The zero-order valence-corrected chi connectivity index (χ0v) is 17.2. The van der Waals surface area contributed by atoms with E-state index in [1.807, 2.05) is 26.0 Å². The van der Waals surface area contributed by atoms with Crippen molar-refractivity contribution in [2.75, 3.05) is 26.0 Å². The van der Waals surface area contributed by atoms with Gasteiger partial charge in [0, 0.05) is 17.6 Å². The fraction of sp³-hybridized carbons (Fsp3) is 0.333. The number of benzene rings is 2. The third kappa shape index (κ3) is 6.25. The van der Waals surface area contributed by atoms with Crippen molar-refractivity contribution in [2.24, 2.45) is 0 Å². The molecule has 28 heavy (non-hydrogen) atoms. The van der Waals surface area contributed by atoms with Crippen LogP contribution in [0, 0.1) is 0 Å². The van der Waals surface area contributed by atoms with Crippen molar-refractivity contribution in [3.63, 3.8) is 0 Å². The van der Waals surface area contributed by atoms with Crippen LogP contribution in [0.4, 0.5) is 5.69 Å². The molecule has 0 saturated carbocycles. The number of likely N-dealkylation sites (N-methyl/N-ethyl adjacent to an activating group) is 1. The van der Waals surface area contributed by atoms with Crippen molar-refractivity contribution in [3.8, 4) is 5.75 Å². The molecular weight excluding hydrogens is 380 g/mol. The van der Waals surface area contributed by atoms with Gasteiger partial charge in [0.2, 0.25) is 5.91 Å². The second kappa shape index (κ2) is 10.1. The molecule has 6 nitrogen and oxygen atoms in total. The van der Waals surface area contributed by atoms with Crippen molar-refractivity contribution in [3.05, 3.63) is 58.6 Å². The maximum Gasteiger partial charge on any atom is 0.254 e. The maximum absolute atomic E-state index is 12.6. The van der Waals surface area contributed by atoms with E-state index >= 15 is 0 Å². The summed E-state index contributed by atoms with van der Waals surface area (Å²) >= 11 is 5.97. The minimum Gasteiger partial charge on any atom is -0.495 e. The minimum absolute atomic E-state index is 0.104. The number of ether oxygens (including phenoxy) is 2. The molecule has 2 amide bonds. The Labute approximate surface area is 170 Å². The average Bonchev–Trinajstić information content (AvgIpc) is 2.66. The first kappa shape index (κ1) is 21.7. The molecule has 0 aliphatic rings. The number of halogens is 1. The summed E-state index contributed by atoms with van der Waals surface area (Å²) in [5, 5.41) is 3.19. The Morgan fingerprint density at radius 1 is 1.14 bits per heavy atom. The average molecular weight is 405 g/mol. The number of methoxy groups -OCH3 is 1. The van der Waals surface area contributed by atoms with Crippen LogP contribution in [0.3, 0.4) is 0 Å². The van der Waals surface area contributed by atoms with Gasteiger partial charge >= 0.3 is 0 Å². The molecule has 0 aromatic heterocycles. The van der Waals surface area contributed by atoms with Gasteiger partial charge in [-0.3, -0.25) is 9.59 Å². The number of carbonyl (C=O) groups excluding carboxylic acids is 2. The molecule has 0 saturated heterocycles. The lowest BCUT2D eigenvalue weighted by molar-refractivity contribution is -0.116. The SMILES string of the molecule is COc1ccc(Cl)cc1NC(=O)CN(C)C(=O)c1ccc(COC(C)C)cc1. The summed E-state index contributed by atoms with van der Waals surface area (Å²) in [6.07, 6.45) is 0.143. The Bertz CT molecular complexity index is 822. The Morgan fingerprint density at radius 3 is 2.43 bits per heavy atom. The van der Waals surface area contributed by atoms with Crippen molar-refractivity contribution in [1.29, 1.82) is 0 Å². The summed E-state index contributed by atoms with van der Waals surface area (Å²) in [6, 6.07) is 12.1. The Hall–Kier alpha value is -2.57. The van der Waals surface area contributed by atoms with E-state index in [1.54, 1.807) is 37.4 Å². The normalized spacial score (nSPS) is 10.6. The van der Waals surface area contributed by atoms with Crippen LogP contribution >= 0.6 is 11.6 Å². The van der Waals surface area contributed by atoms with Crippen molar-refractivity contribution >= 4 is 29.1 Å². The topological polar surface area (TPSA) is 67.9 Å². The highest BCUT2D eigenvalue weighted by Gasteiger charge is 2.16. The third-order valence-corrected chi connectivity index (χ3v) is 4.18. The molecule has 0 heterocycles. The van der Waals surface area contributed by atoms with E-state index in [0.29, 0.717) is 28.6 Å². The first-order valence-corrected chi connectivity index (χ1v) is 9.27. The second-order valence-corrected chi connectivity index (χ2v) is 7.05. The molecule has 150 valence electrons. The van der Waals surface area contributed by atoms with Gasteiger partial charge in [-0.15, -0.1) is 0 Å². The second-order valence-electron chi connectivity index (χ2n) is 6.61. The van der Waals surface area contributed by atoms with Crippen LogP contribution in [0.25, 0.3) is 0 Å². The van der Waals surface area contributed by atoms with Crippen LogP contribution in [0.15, 0.2) is 42.5 Å². The molecule has 7 heteroatoms. The fourth-order valence-corrected chi connectivity index (χ4v) is 2.65. The lowest BCUT2D eigenvalue weighted by Gasteiger charge is -2.18. The van der Waals surface area contributed by atoms with Crippen LogP contribution in [0.1, 0.15) is 29.8 Å². The maximum atomic E-state index is 12.6. The summed E-state index contributed by atoms with van der Waals surface area (Å²) in [5.74, 6) is -0.103. The van der Waals surface area contributed by atoms with E-state index < -0.39 is 0 Å². The van der Waals surface area contributed by atoms with E-state index in [4.69, 9.17) is 21.1 Å². The molecule has 2 aromatic carbocycles. The molecule has 0 bridgehead atoms. The van der Waals surface area contributed by atoms with Crippen LogP contribution in [-0.2, 0) is 16.1 Å². The van der Waals surface area contributed by atoms with Crippen molar-refractivity contribution in [2.45, 2.75) is 26.6 Å². The number of hydrogen-bond donors (Lipinski definition) is 1. The third-order valence-electron chi connectivity index (χ3n) is 3.95. The van der Waals surface area contributed by atoms with Gasteiger partial charge in [0.1, 0.15) is 5.75 Å². The van der Waals surface area contributed by atoms with Crippen molar-refractivity contribution in [1.82, 2.24) is 4.90 Å². The first-order chi connectivity index (χ1) is 13.3. The summed E-state index contributed by atoms with van der Waals surface area (Å²) in [6.45, 7) is 4.33. The molecule has 0 spiro atoms. The van der Waals surface area contributed by atoms with Crippen LogP contribution in [0.5, 0.6) is 5.75 Å². The van der Waals surface area contributed by atoms with E-state index in [1.165, 1.54) is 12.0 Å². The standard InChI is InChI=1S/C21H25ClN2O4/c1-14(2)28-13-15-5-7-16(8-6-15)21(26)24(3)12-20(25)23-18-11-17(22)9-10-19(18)27-4/h5-11,14H,12-13H2,1-4H3,(H,23,25). The monoisotopic (exact) mass is 404 g/mol. The van der Waals surface area contributed by atoms with Gasteiger partial charge in [0.15, 0.2) is 0 Å². The van der Waals surface area contributed by atoms with E-state index in [2.05, 4.69) is 5.32 Å². The number of anilines is 1. The summed E-state index contributed by atoms with van der Waals surface area (Å²) in [4.78, 5) is 26.2. The molecule has 0 atom stereocenters. The quantitative estimate of drug-likeness (QED) is 0.722. The van der Waals surface area contributed by atoms with Gasteiger partial charge in [-0.25, -0.2) is 0 Å². The molecule has 0 radical (unpaired) electrons. The Morgan fingerprint density at radius 2 is 1.82 bits per heavy atom. The molecule has 0 aliphatic heterocycles. The van der Waals surface area contributed by atoms with Gasteiger partial charge in [0.25, 0.3) is 5.91 Å². The molecule has 0 aliphatic carbocycles. The molecular formula is C21H25ClN2O4. The minimum atomic E-state index is -0.349. The van der Waals surface area contributed by atoms with Crippen molar-refractivity contribution < 1.29 is 19.1 Å². The smallest absolute Gasteiger partial charge is 0.254 e. The van der Waals surface area contributed by atoms with Gasteiger partial charge < -0.3 is 19.7 Å². The van der Waals surface area contributed by atoms with Crippen LogP contribution in [0.2, 0.25) is 5.02 Å². The predicted molar refractivity (Wildman–Crippen MR) is 110 cm³/mol. The van der Waals surface area contributed by atoms with Crippen LogP contribution < -0.4 is 10.1 Å². The summed E-state index contributed by atoms with van der Waals surface area (Å²) < 4.78 is 10.7. The number of hydrogen-bond acceptors (Lipinski definition) is 4. The molecule has 0 fully saturated rings. The zero-order chi connectivity index (χ0) is 20.7. The van der Waals surface area contributed by atoms with E-state index in [0.717, 1.165) is 5.56 Å². The number of nitrogens with zero attached hydrogens (tertiary/aromatic N) is 1. The molecule has 0 unspecified atom stereocenters. The molecule has 2 rings (SSSR count). The van der Waals surface area contributed by atoms with Gasteiger partial charge in [0.05, 0.1) is 32.1 Å². The number of carbonyl (C=O) groups is 2. The lowest BCUT2D eigenvalue weighted by atomic mass is 10.1.